The molecule has 0 amide bonds. The second kappa shape index (κ2) is 5.43. The summed E-state index contributed by atoms with van der Waals surface area (Å²) in [6.07, 6.45) is 2.64. The number of halogens is 1. The van der Waals surface area contributed by atoms with E-state index in [2.05, 4.69) is 44.6 Å². The van der Waals surface area contributed by atoms with Crippen molar-refractivity contribution in [1.29, 1.82) is 0 Å². The number of likely N-dealkylation sites (N-methyl/N-ethyl adjacent to an activating group) is 1. The fraction of sp³-hybridized carbons (Fsp3) is 0.636. The molecule has 1 aliphatic heterocycles. The van der Waals surface area contributed by atoms with Gasteiger partial charge in [-0.25, -0.2) is 0 Å². The van der Waals surface area contributed by atoms with Crippen LogP contribution in [0.1, 0.15) is 17.7 Å². The summed E-state index contributed by atoms with van der Waals surface area (Å²) in [7, 11) is 2.23. The third-order valence-electron chi connectivity index (χ3n) is 2.92. The summed E-state index contributed by atoms with van der Waals surface area (Å²) in [5, 5.41) is 5.61. The molecule has 1 N–H and O–H groups in total. The topological polar surface area (TPSA) is 15.3 Å². The van der Waals surface area contributed by atoms with Gasteiger partial charge in [0, 0.05) is 33.9 Å². The molecule has 1 unspecified atom stereocenters. The summed E-state index contributed by atoms with van der Waals surface area (Å²) in [4.78, 5) is 3.90. The molecule has 1 aromatic heterocycles. The molecule has 0 spiro atoms. The van der Waals surface area contributed by atoms with E-state index in [0.717, 1.165) is 13.1 Å². The molecule has 1 aromatic rings. The number of nitrogens with one attached hydrogen (secondary N) is 1. The summed E-state index contributed by atoms with van der Waals surface area (Å²) in [6.45, 7) is 3.40. The van der Waals surface area contributed by atoms with Crippen molar-refractivity contribution in [2.75, 3.05) is 20.1 Å². The summed E-state index contributed by atoms with van der Waals surface area (Å²) in [6, 6.07) is 2.93. The fourth-order valence-corrected chi connectivity index (χ4v) is 3.53. The number of piperidine rings is 1. The van der Waals surface area contributed by atoms with Crippen molar-refractivity contribution in [3.8, 4) is 0 Å². The Kier molecular flexibility index (Phi) is 4.20. The van der Waals surface area contributed by atoms with Crippen LogP contribution >= 0.6 is 27.3 Å². The Morgan fingerprint density at radius 3 is 3.13 bits per heavy atom. The monoisotopic (exact) mass is 288 g/mol. The molecule has 1 aliphatic rings. The number of rotatable bonds is 3. The Morgan fingerprint density at radius 2 is 2.53 bits per heavy atom. The van der Waals surface area contributed by atoms with Crippen LogP contribution in [0.2, 0.25) is 0 Å². The standard InChI is InChI=1S/C11H17BrN2S/c1-14(10-3-2-4-13-6-10)7-11-5-9(12)8-15-11/h5,8,10,13H,2-4,6-7H2,1H3. The number of thiophene rings is 1. The van der Waals surface area contributed by atoms with Crippen LogP contribution in [0, 0.1) is 0 Å². The van der Waals surface area contributed by atoms with E-state index in [1.54, 1.807) is 0 Å². The van der Waals surface area contributed by atoms with Crippen molar-refractivity contribution in [3.63, 3.8) is 0 Å². The van der Waals surface area contributed by atoms with Crippen molar-refractivity contribution in [1.82, 2.24) is 10.2 Å². The largest absolute Gasteiger partial charge is 0.315 e. The van der Waals surface area contributed by atoms with E-state index in [-0.39, 0.29) is 0 Å². The fourth-order valence-electron chi connectivity index (χ4n) is 2.02. The predicted molar refractivity (Wildman–Crippen MR) is 69.4 cm³/mol. The molecule has 2 heterocycles. The van der Waals surface area contributed by atoms with Gasteiger partial charge in [-0.05, 0) is 48.4 Å². The van der Waals surface area contributed by atoms with Gasteiger partial charge in [0.05, 0.1) is 0 Å². The van der Waals surface area contributed by atoms with Gasteiger partial charge >= 0.3 is 0 Å². The number of hydrogen-bond donors (Lipinski definition) is 1. The molecular weight excluding hydrogens is 272 g/mol. The first-order valence-electron chi connectivity index (χ1n) is 5.39. The van der Waals surface area contributed by atoms with Crippen LogP contribution in [0.5, 0.6) is 0 Å². The van der Waals surface area contributed by atoms with Crippen molar-refractivity contribution in [3.05, 3.63) is 20.8 Å². The van der Waals surface area contributed by atoms with Crippen molar-refractivity contribution in [2.24, 2.45) is 0 Å². The smallest absolute Gasteiger partial charge is 0.0328 e. The zero-order valence-corrected chi connectivity index (χ0v) is 11.4. The number of nitrogens with zero attached hydrogens (tertiary/aromatic N) is 1. The molecule has 1 saturated heterocycles. The van der Waals surface area contributed by atoms with Gasteiger partial charge in [0.15, 0.2) is 0 Å². The molecule has 0 aromatic carbocycles. The highest BCUT2D eigenvalue weighted by Gasteiger charge is 2.17. The van der Waals surface area contributed by atoms with Crippen LogP contribution in [0.4, 0.5) is 0 Å². The van der Waals surface area contributed by atoms with E-state index in [1.807, 2.05) is 11.3 Å². The minimum atomic E-state index is 0.708. The lowest BCUT2D eigenvalue weighted by Gasteiger charge is -2.31. The highest BCUT2D eigenvalue weighted by molar-refractivity contribution is 9.10. The van der Waals surface area contributed by atoms with Gasteiger partial charge in [-0.3, -0.25) is 4.90 Å². The van der Waals surface area contributed by atoms with E-state index >= 15 is 0 Å². The van der Waals surface area contributed by atoms with Crippen molar-refractivity contribution in [2.45, 2.75) is 25.4 Å². The normalized spacial score (nSPS) is 22.2. The third-order valence-corrected chi connectivity index (χ3v) is 4.60. The minimum Gasteiger partial charge on any atom is -0.315 e. The van der Waals surface area contributed by atoms with Crippen LogP contribution in [0.15, 0.2) is 15.9 Å². The molecule has 2 nitrogen and oxygen atoms in total. The van der Waals surface area contributed by atoms with Gasteiger partial charge in [-0.15, -0.1) is 11.3 Å². The predicted octanol–water partition coefficient (Wildman–Crippen LogP) is 2.69. The van der Waals surface area contributed by atoms with Crippen LogP contribution < -0.4 is 5.32 Å². The van der Waals surface area contributed by atoms with Crippen LogP contribution in [0.3, 0.4) is 0 Å². The van der Waals surface area contributed by atoms with Crippen molar-refractivity contribution < 1.29 is 0 Å². The molecular formula is C11H17BrN2S. The lowest BCUT2D eigenvalue weighted by Crippen LogP contribution is -2.43. The Hall–Kier alpha value is 0.1000. The second-order valence-corrected chi connectivity index (χ2v) is 6.06. The molecule has 0 saturated carbocycles. The maximum absolute atomic E-state index is 3.50. The van der Waals surface area contributed by atoms with Crippen LogP contribution in [-0.2, 0) is 6.54 Å². The average molecular weight is 289 g/mol. The molecule has 0 bridgehead atoms. The highest BCUT2D eigenvalue weighted by Crippen LogP contribution is 2.22. The molecule has 84 valence electrons. The molecule has 15 heavy (non-hydrogen) atoms. The highest BCUT2D eigenvalue weighted by atomic mass is 79.9. The minimum absolute atomic E-state index is 0.708. The van der Waals surface area contributed by atoms with E-state index in [9.17, 15) is 0 Å². The van der Waals surface area contributed by atoms with E-state index < -0.39 is 0 Å². The molecule has 0 aliphatic carbocycles. The zero-order chi connectivity index (χ0) is 10.7. The molecule has 0 radical (unpaired) electrons. The Bertz CT molecular complexity index is 307. The molecule has 1 atom stereocenters. The van der Waals surface area contributed by atoms with Crippen LogP contribution in [0.25, 0.3) is 0 Å². The zero-order valence-electron chi connectivity index (χ0n) is 9.00. The van der Waals surface area contributed by atoms with Gasteiger partial charge in [0.2, 0.25) is 0 Å². The quantitative estimate of drug-likeness (QED) is 0.920. The maximum atomic E-state index is 3.50. The van der Waals surface area contributed by atoms with Crippen molar-refractivity contribution >= 4 is 27.3 Å². The first-order valence-corrected chi connectivity index (χ1v) is 7.07. The van der Waals surface area contributed by atoms with Gasteiger partial charge in [0.1, 0.15) is 0 Å². The SMILES string of the molecule is CN(Cc1cc(Br)cs1)C1CCCNC1. The van der Waals surface area contributed by atoms with Gasteiger partial charge in [-0.1, -0.05) is 0 Å². The second-order valence-electron chi connectivity index (χ2n) is 4.15. The first kappa shape index (κ1) is 11.6. The summed E-state index contributed by atoms with van der Waals surface area (Å²) in [5.74, 6) is 0. The Labute approximate surface area is 104 Å². The number of hydrogen-bond acceptors (Lipinski definition) is 3. The van der Waals surface area contributed by atoms with Gasteiger partial charge in [0.25, 0.3) is 0 Å². The maximum Gasteiger partial charge on any atom is 0.0328 e. The van der Waals surface area contributed by atoms with E-state index in [0.29, 0.717) is 6.04 Å². The molecule has 1 fully saturated rings. The summed E-state index contributed by atoms with van der Waals surface area (Å²) >= 11 is 5.33. The molecule has 4 heteroatoms. The van der Waals surface area contributed by atoms with E-state index in [1.165, 1.54) is 28.7 Å². The Morgan fingerprint density at radius 1 is 1.67 bits per heavy atom. The van der Waals surface area contributed by atoms with Gasteiger partial charge in [-0.2, -0.15) is 0 Å². The van der Waals surface area contributed by atoms with Crippen LogP contribution in [-0.4, -0.2) is 31.1 Å². The lowest BCUT2D eigenvalue weighted by atomic mass is 10.1. The third kappa shape index (κ3) is 3.28. The molecule has 2 rings (SSSR count). The Balaban J connectivity index is 1.88. The van der Waals surface area contributed by atoms with E-state index in [4.69, 9.17) is 0 Å². The summed E-state index contributed by atoms with van der Waals surface area (Å²) in [5.41, 5.74) is 0. The average Bonchev–Trinajstić information content (AvgIpc) is 2.65. The lowest BCUT2D eigenvalue weighted by molar-refractivity contribution is 0.197. The van der Waals surface area contributed by atoms with Gasteiger partial charge < -0.3 is 5.32 Å². The first-order chi connectivity index (χ1) is 7.25. The summed E-state index contributed by atoms with van der Waals surface area (Å²) < 4.78 is 1.21.